The Labute approximate surface area is 102 Å². The topological polar surface area (TPSA) is 58.6 Å². The summed E-state index contributed by atoms with van der Waals surface area (Å²) in [6.07, 6.45) is 0.688. The first-order valence-electron chi connectivity index (χ1n) is 5.58. The van der Waals surface area contributed by atoms with Crippen LogP contribution in [0.1, 0.15) is 27.2 Å². The molecule has 0 bridgehead atoms. The zero-order valence-electron chi connectivity index (χ0n) is 10.6. The lowest BCUT2D eigenvalue weighted by Gasteiger charge is -2.29. The third-order valence-corrected chi connectivity index (χ3v) is 3.62. The maximum absolute atomic E-state index is 11.8. The minimum absolute atomic E-state index is 0.171. The molecule has 0 aliphatic carbocycles. The lowest BCUT2D eigenvalue weighted by atomic mass is 9.96. The second-order valence-corrected chi connectivity index (χ2v) is 5.46. The zero-order valence-corrected chi connectivity index (χ0v) is 11.4. The second-order valence-electron chi connectivity index (χ2n) is 3.91. The molecular formula is C11H23NO3S. The first kappa shape index (κ1) is 15.7. The minimum Gasteiger partial charge on any atom is -0.465 e. The molecule has 0 rings (SSSR count). The summed E-state index contributed by atoms with van der Waals surface area (Å²) in [5.41, 5.74) is -0.641. The van der Waals surface area contributed by atoms with Crippen molar-refractivity contribution in [2.75, 3.05) is 26.0 Å². The fourth-order valence-corrected chi connectivity index (χ4v) is 2.42. The number of ether oxygens (including phenoxy) is 1. The predicted molar refractivity (Wildman–Crippen MR) is 67.7 cm³/mol. The molecule has 2 unspecified atom stereocenters. The molecule has 0 heterocycles. The van der Waals surface area contributed by atoms with E-state index in [0.717, 1.165) is 0 Å². The van der Waals surface area contributed by atoms with Crippen LogP contribution in [-0.2, 0) is 9.53 Å². The maximum atomic E-state index is 11.8. The lowest BCUT2D eigenvalue weighted by Crippen LogP contribution is -2.50. The van der Waals surface area contributed by atoms with Gasteiger partial charge in [-0.3, -0.25) is 4.79 Å². The van der Waals surface area contributed by atoms with Gasteiger partial charge in [-0.15, -0.1) is 0 Å². The van der Waals surface area contributed by atoms with Gasteiger partial charge in [0.15, 0.2) is 0 Å². The molecule has 0 saturated heterocycles. The number of aliphatic hydroxyl groups is 1. The van der Waals surface area contributed by atoms with Crippen LogP contribution in [0, 0.1) is 0 Å². The molecule has 0 spiro atoms. The van der Waals surface area contributed by atoms with Gasteiger partial charge in [0.25, 0.3) is 0 Å². The van der Waals surface area contributed by atoms with Crippen LogP contribution in [-0.4, -0.2) is 47.9 Å². The molecule has 0 aliphatic heterocycles. The van der Waals surface area contributed by atoms with E-state index >= 15 is 0 Å². The number of aliphatic hydroxyl groups excluding tert-OH is 1. The van der Waals surface area contributed by atoms with Gasteiger partial charge in [0.1, 0.15) is 5.54 Å². The van der Waals surface area contributed by atoms with Gasteiger partial charge in [0.05, 0.1) is 13.2 Å². The molecule has 5 heteroatoms. The maximum Gasteiger partial charge on any atom is 0.326 e. The molecule has 0 saturated carbocycles. The number of esters is 1. The van der Waals surface area contributed by atoms with Crippen LogP contribution in [0.4, 0.5) is 0 Å². The zero-order chi connectivity index (χ0) is 12.6. The molecule has 0 radical (unpaired) electrons. The van der Waals surface area contributed by atoms with E-state index < -0.39 is 5.54 Å². The van der Waals surface area contributed by atoms with E-state index in [9.17, 15) is 4.79 Å². The predicted octanol–water partition coefficient (Wildman–Crippen LogP) is 1.03. The summed E-state index contributed by atoms with van der Waals surface area (Å²) in [6.45, 7) is 6.27. The van der Waals surface area contributed by atoms with Crippen molar-refractivity contribution in [1.29, 1.82) is 0 Å². The summed E-state index contributed by atoms with van der Waals surface area (Å²) < 4.78 is 5.04. The summed E-state index contributed by atoms with van der Waals surface area (Å²) in [5.74, 6) is 0.484. The third kappa shape index (κ3) is 5.18. The molecule has 0 aliphatic rings. The van der Waals surface area contributed by atoms with Crippen LogP contribution in [0.5, 0.6) is 0 Å². The standard InChI is InChI=1S/C11H23NO3S/c1-5-15-10(14)11(3,12-4)8-9(2)16-7-6-13/h9,12-13H,5-8H2,1-4H3. The highest BCUT2D eigenvalue weighted by Gasteiger charge is 2.34. The van der Waals surface area contributed by atoms with Crippen LogP contribution in [0.2, 0.25) is 0 Å². The SMILES string of the molecule is CCOC(=O)C(C)(CC(C)SCCO)NC. The Hall–Kier alpha value is -0.260. The van der Waals surface area contributed by atoms with E-state index in [1.54, 1.807) is 25.7 Å². The van der Waals surface area contributed by atoms with E-state index in [0.29, 0.717) is 24.0 Å². The van der Waals surface area contributed by atoms with E-state index in [1.807, 2.05) is 6.92 Å². The monoisotopic (exact) mass is 249 g/mol. The van der Waals surface area contributed by atoms with Crippen molar-refractivity contribution in [3.63, 3.8) is 0 Å². The summed E-state index contributed by atoms with van der Waals surface area (Å²) in [4.78, 5) is 11.8. The van der Waals surface area contributed by atoms with E-state index in [4.69, 9.17) is 9.84 Å². The average molecular weight is 249 g/mol. The number of hydrogen-bond acceptors (Lipinski definition) is 5. The Kier molecular flexibility index (Phi) is 7.80. The van der Waals surface area contributed by atoms with Gasteiger partial charge in [-0.2, -0.15) is 11.8 Å². The van der Waals surface area contributed by atoms with Gasteiger partial charge in [-0.1, -0.05) is 6.92 Å². The summed E-state index contributed by atoms with van der Waals surface area (Å²) in [6, 6.07) is 0. The number of nitrogens with one attached hydrogen (secondary N) is 1. The summed E-state index contributed by atoms with van der Waals surface area (Å²) in [5, 5.41) is 12.1. The minimum atomic E-state index is -0.641. The van der Waals surface area contributed by atoms with E-state index in [1.165, 1.54) is 0 Å². The normalized spacial score (nSPS) is 16.6. The van der Waals surface area contributed by atoms with Crippen molar-refractivity contribution >= 4 is 17.7 Å². The van der Waals surface area contributed by atoms with Crippen molar-refractivity contribution in [2.45, 2.75) is 38.0 Å². The molecule has 0 fully saturated rings. The molecule has 4 nitrogen and oxygen atoms in total. The van der Waals surface area contributed by atoms with Crippen LogP contribution in [0.3, 0.4) is 0 Å². The van der Waals surface area contributed by atoms with Crippen molar-refractivity contribution in [3.8, 4) is 0 Å². The Morgan fingerprint density at radius 1 is 1.62 bits per heavy atom. The molecular weight excluding hydrogens is 226 g/mol. The van der Waals surface area contributed by atoms with Gasteiger partial charge in [-0.25, -0.2) is 0 Å². The largest absolute Gasteiger partial charge is 0.465 e. The first-order chi connectivity index (χ1) is 7.50. The number of likely N-dealkylation sites (N-methyl/N-ethyl adjacent to an activating group) is 1. The number of rotatable bonds is 8. The van der Waals surface area contributed by atoms with Crippen LogP contribution in [0.15, 0.2) is 0 Å². The van der Waals surface area contributed by atoms with Gasteiger partial charge < -0.3 is 15.2 Å². The molecule has 2 N–H and O–H groups in total. The molecule has 0 aromatic rings. The van der Waals surface area contributed by atoms with E-state index in [2.05, 4.69) is 12.2 Å². The molecule has 0 amide bonds. The molecule has 0 aromatic carbocycles. The van der Waals surface area contributed by atoms with Crippen LogP contribution >= 0.6 is 11.8 Å². The van der Waals surface area contributed by atoms with Crippen molar-refractivity contribution < 1.29 is 14.6 Å². The molecule has 16 heavy (non-hydrogen) atoms. The number of carbonyl (C=O) groups excluding carboxylic acids is 1. The summed E-state index contributed by atoms with van der Waals surface area (Å²) in [7, 11) is 1.76. The highest BCUT2D eigenvalue weighted by Crippen LogP contribution is 2.22. The molecule has 2 atom stereocenters. The number of thioether (sulfide) groups is 1. The Morgan fingerprint density at radius 2 is 2.25 bits per heavy atom. The molecule has 96 valence electrons. The average Bonchev–Trinajstić information content (AvgIpc) is 2.26. The smallest absolute Gasteiger partial charge is 0.326 e. The highest BCUT2D eigenvalue weighted by atomic mass is 32.2. The first-order valence-corrected chi connectivity index (χ1v) is 6.63. The molecule has 0 aromatic heterocycles. The summed E-state index contributed by atoms with van der Waals surface area (Å²) >= 11 is 1.66. The van der Waals surface area contributed by atoms with Gasteiger partial charge >= 0.3 is 5.97 Å². The fourth-order valence-electron chi connectivity index (χ4n) is 1.47. The fraction of sp³-hybridized carbons (Fsp3) is 0.909. The van der Waals surface area contributed by atoms with Crippen molar-refractivity contribution in [3.05, 3.63) is 0 Å². The van der Waals surface area contributed by atoms with Crippen molar-refractivity contribution in [2.24, 2.45) is 0 Å². The Morgan fingerprint density at radius 3 is 2.69 bits per heavy atom. The third-order valence-electron chi connectivity index (χ3n) is 2.47. The van der Waals surface area contributed by atoms with Gasteiger partial charge in [-0.05, 0) is 27.3 Å². The number of hydrogen-bond donors (Lipinski definition) is 2. The van der Waals surface area contributed by atoms with Crippen molar-refractivity contribution in [1.82, 2.24) is 5.32 Å². The number of carbonyl (C=O) groups is 1. The van der Waals surface area contributed by atoms with Gasteiger partial charge in [0, 0.05) is 11.0 Å². The Balaban J connectivity index is 4.29. The van der Waals surface area contributed by atoms with E-state index in [-0.39, 0.29) is 12.6 Å². The highest BCUT2D eigenvalue weighted by molar-refractivity contribution is 7.99. The van der Waals surface area contributed by atoms with Crippen LogP contribution < -0.4 is 5.32 Å². The van der Waals surface area contributed by atoms with Crippen LogP contribution in [0.25, 0.3) is 0 Å². The second kappa shape index (κ2) is 7.92. The quantitative estimate of drug-likeness (QED) is 0.629. The Bertz CT molecular complexity index is 213. The van der Waals surface area contributed by atoms with Gasteiger partial charge in [0.2, 0.25) is 0 Å². The lowest BCUT2D eigenvalue weighted by molar-refractivity contribution is -0.150.